The quantitative estimate of drug-likeness (QED) is 0.893. The Labute approximate surface area is 117 Å². The van der Waals surface area contributed by atoms with Crippen molar-refractivity contribution in [3.8, 4) is 11.5 Å². The molecule has 0 aliphatic carbocycles. The molecule has 106 valence electrons. The monoisotopic (exact) mass is 274 g/mol. The molecule has 6 heteroatoms. The lowest BCUT2D eigenvalue weighted by molar-refractivity contribution is -0.119. The zero-order valence-electron chi connectivity index (χ0n) is 11.8. The van der Waals surface area contributed by atoms with E-state index < -0.39 is 6.04 Å². The Kier molecular flexibility index (Phi) is 3.85. The number of hydrogen-bond acceptors (Lipinski definition) is 5. The van der Waals surface area contributed by atoms with E-state index in [1.807, 2.05) is 26.8 Å². The Morgan fingerprint density at radius 3 is 2.75 bits per heavy atom. The first-order valence-corrected chi connectivity index (χ1v) is 6.31. The van der Waals surface area contributed by atoms with E-state index in [-0.39, 0.29) is 11.3 Å². The standard InChI is InChI=1S/C14H18N4O2/c1-14(2,3)11(15)12(19)17-10-6-4-5-9(7-10)13-18-16-8-20-13/h4-8,11H,15H2,1-3H3,(H,17,19). The zero-order valence-corrected chi connectivity index (χ0v) is 11.8. The van der Waals surface area contributed by atoms with Crippen LogP contribution in [0.3, 0.4) is 0 Å². The second kappa shape index (κ2) is 5.42. The number of aromatic nitrogens is 2. The number of nitrogens with two attached hydrogens (primary N) is 1. The van der Waals surface area contributed by atoms with Gasteiger partial charge in [0.1, 0.15) is 0 Å². The molecule has 0 saturated carbocycles. The van der Waals surface area contributed by atoms with E-state index in [2.05, 4.69) is 15.5 Å². The van der Waals surface area contributed by atoms with Gasteiger partial charge in [-0.1, -0.05) is 26.8 Å². The molecule has 0 fully saturated rings. The molecule has 1 aromatic carbocycles. The fourth-order valence-electron chi connectivity index (χ4n) is 1.64. The van der Waals surface area contributed by atoms with Crippen LogP contribution in [0.5, 0.6) is 0 Å². The zero-order chi connectivity index (χ0) is 14.8. The van der Waals surface area contributed by atoms with Crippen molar-refractivity contribution in [2.75, 3.05) is 5.32 Å². The van der Waals surface area contributed by atoms with Gasteiger partial charge in [0.15, 0.2) is 0 Å². The number of carbonyl (C=O) groups excluding carboxylic acids is 1. The van der Waals surface area contributed by atoms with E-state index >= 15 is 0 Å². The van der Waals surface area contributed by atoms with Crippen LogP contribution in [0.2, 0.25) is 0 Å². The Morgan fingerprint density at radius 1 is 1.40 bits per heavy atom. The molecule has 6 nitrogen and oxygen atoms in total. The highest BCUT2D eigenvalue weighted by Crippen LogP contribution is 2.22. The number of rotatable bonds is 3. The third kappa shape index (κ3) is 3.21. The highest BCUT2D eigenvalue weighted by atomic mass is 16.4. The smallest absolute Gasteiger partial charge is 0.247 e. The summed E-state index contributed by atoms with van der Waals surface area (Å²) in [6, 6.07) is 6.59. The lowest BCUT2D eigenvalue weighted by atomic mass is 9.87. The van der Waals surface area contributed by atoms with Crippen molar-refractivity contribution in [3.05, 3.63) is 30.7 Å². The molecule has 1 unspecified atom stereocenters. The average molecular weight is 274 g/mol. The van der Waals surface area contributed by atoms with Gasteiger partial charge in [0, 0.05) is 11.3 Å². The summed E-state index contributed by atoms with van der Waals surface area (Å²) in [5.74, 6) is 0.182. The summed E-state index contributed by atoms with van der Waals surface area (Å²) in [6.45, 7) is 5.77. The second-order valence-electron chi connectivity index (χ2n) is 5.66. The van der Waals surface area contributed by atoms with Crippen LogP contribution in [-0.4, -0.2) is 22.1 Å². The summed E-state index contributed by atoms with van der Waals surface area (Å²) in [4.78, 5) is 12.1. The molecule has 0 radical (unpaired) electrons. The van der Waals surface area contributed by atoms with Gasteiger partial charge >= 0.3 is 0 Å². The number of nitrogens with one attached hydrogen (secondary N) is 1. The fraction of sp³-hybridized carbons (Fsp3) is 0.357. The van der Waals surface area contributed by atoms with E-state index in [0.29, 0.717) is 11.6 Å². The van der Waals surface area contributed by atoms with Crippen molar-refractivity contribution < 1.29 is 9.21 Å². The van der Waals surface area contributed by atoms with Gasteiger partial charge in [-0.25, -0.2) is 0 Å². The largest absolute Gasteiger partial charge is 0.423 e. The minimum atomic E-state index is -0.588. The molecule has 1 amide bonds. The SMILES string of the molecule is CC(C)(C)C(N)C(=O)Nc1cccc(-c2nnco2)c1. The topological polar surface area (TPSA) is 94.0 Å². The van der Waals surface area contributed by atoms with Gasteiger partial charge < -0.3 is 15.5 Å². The summed E-state index contributed by atoms with van der Waals surface area (Å²) in [6.07, 6.45) is 1.26. The molecule has 0 saturated heterocycles. The summed E-state index contributed by atoms with van der Waals surface area (Å²) >= 11 is 0. The molecule has 1 aromatic heterocycles. The maximum Gasteiger partial charge on any atom is 0.247 e. The molecular weight excluding hydrogens is 256 g/mol. The average Bonchev–Trinajstić information content (AvgIpc) is 2.91. The van der Waals surface area contributed by atoms with Crippen molar-refractivity contribution >= 4 is 11.6 Å². The first-order chi connectivity index (χ1) is 9.38. The van der Waals surface area contributed by atoms with Gasteiger partial charge in [-0.05, 0) is 23.6 Å². The van der Waals surface area contributed by atoms with Crippen molar-refractivity contribution in [1.29, 1.82) is 0 Å². The van der Waals surface area contributed by atoms with Gasteiger partial charge in [-0.2, -0.15) is 0 Å². The van der Waals surface area contributed by atoms with Crippen molar-refractivity contribution in [2.24, 2.45) is 11.1 Å². The normalized spacial score (nSPS) is 13.0. The van der Waals surface area contributed by atoms with Gasteiger partial charge in [0.25, 0.3) is 0 Å². The molecular formula is C14H18N4O2. The van der Waals surface area contributed by atoms with Gasteiger partial charge in [0.05, 0.1) is 6.04 Å². The summed E-state index contributed by atoms with van der Waals surface area (Å²) in [5, 5.41) is 10.2. The van der Waals surface area contributed by atoms with Crippen molar-refractivity contribution in [2.45, 2.75) is 26.8 Å². The Hall–Kier alpha value is -2.21. The Bertz CT molecular complexity index is 587. The maximum absolute atomic E-state index is 12.1. The third-order valence-electron chi connectivity index (χ3n) is 2.95. The van der Waals surface area contributed by atoms with Crippen LogP contribution >= 0.6 is 0 Å². The minimum absolute atomic E-state index is 0.222. The van der Waals surface area contributed by atoms with Gasteiger partial charge in [-0.15, -0.1) is 10.2 Å². The fourth-order valence-corrected chi connectivity index (χ4v) is 1.64. The molecule has 1 atom stereocenters. The molecule has 0 aliphatic heterocycles. The molecule has 3 N–H and O–H groups in total. The first-order valence-electron chi connectivity index (χ1n) is 6.31. The Morgan fingerprint density at radius 2 is 2.15 bits per heavy atom. The second-order valence-corrected chi connectivity index (χ2v) is 5.66. The van der Waals surface area contributed by atoms with Crippen LogP contribution in [0.4, 0.5) is 5.69 Å². The maximum atomic E-state index is 12.1. The molecule has 1 heterocycles. The lowest BCUT2D eigenvalue weighted by Crippen LogP contribution is -2.45. The summed E-state index contributed by atoms with van der Waals surface area (Å²) in [5.41, 5.74) is 7.01. The molecule has 2 aromatic rings. The van der Waals surface area contributed by atoms with Crippen molar-refractivity contribution in [3.63, 3.8) is 0 Å². The molecule has 20 heavy (non-hydrogen) atoms. The highest BCUT2D eigenvalue weighted by molar-refractivity contribution is 5.95. The van der Waals surface area contributed by atoms with Crippen LogP contribution in [0.25, 0.3) is 11.5 Å². The summed E-state index contributed by atoms with van der Waals surface area (Å²) in [7, 11) is 0. The molecule has 2 rings (SSSR count). The van der Waals surface area contributed by atoms with Gasteiger partial charge in [0.2, 0.25) is 18.2 Å². The number of carbonyl (C=O) groups is 1. The molecule has 0 aliphatic rings. The van der Waals surface area contributed by atoms with E-state index in [9.17, 15) is 4.79 Å². The van der Waals surface area contributed by atoms with Crippen LogP contribution < -0.4 is 11.1 Å². The van der Waals surface area contributed by atoms with Crippen LogP contribution in [0.15, 0.2) is 35.1 Å². The number of benzene rings is 1. The third-order valence-corrected chi connectivity index (χ3v) is 2.95. The van der Waals surface area contributed by atoms with E-state index in [1.165, 1.54) is 6.39 Å². The van der Waals surface area contributed by atoms with E-state index in [0.717, 1.165) is 5.56 Å². The van der Waals surface area contributed by atoms with Crippen molar-refractivity contribution in [1.82, 2.24) is 10.2 Å². The number of amides is 1. The first kappa shape index (κ1) is 14.2. The van der Waals surface area contributed by atoms with Crippen LogP contribution in [0, 0.1) is 5.41 Å². The van der Waals surface area contributed by atoms with E-state index in [1.54, 1.807) is 18.2 Å². The minimum Gasteiger partial charge on any atom is -0.423 e. The predicted octanol–water partition coefficient (Wildman–Crippen LogP) is 2.05. The lowest BCUT2D eigenvalue weighted by Gasteiger charge is -2.25. The van der Waals surface area contributed by atoms with Gasteiger partial charge in [-0.3, -0.25) is 4.79 Å². The number of hydrogen-bond donors (Lipinski definition) is 2. The predicted molar refractivity (Wildman–Crippen MR) is 75.8 cm³/mol. The molecule has 0 spiro atoms. The highest BCUT2D eigenvalue weighted by Gasteiger charge is 2.27. The summed E-state index contributed by atoms with van der Waals surface area (Å²) < 4.78 is 5.12. The number of anilines is 1. The van der Waals surface area contributed by atoms with E-state index in [4.69, 9.17) is 10.2 Å². The molecule has 0 bridgehead atoms. The van der Waals surface area contributed by atoms with Crippen LogP contribution in [-0.2, 0) is 4.79 Å². The van der Waals surface area contributed by atoms with Crippen LogP contribution in [0.1, 0.15) is 20.8 Å². The number of nitrogens with zero attached hydrogens (tertiary/aromatic N) is 2. The Balaban J connectivity index is 2.15.